The molecule has 0 bridgehead atoms. The number of para-hydroxylation sites is 1. The summed E-state index contributed by atoms with van der Waals surface area (Å²) < 4.78 is 5.83. The summed E-state index contributed by atoms with van der Waals surface area (Å²) in [5, 5.41) is 23.0. The van der Waals surface area contributed by atoms with Gasteiger partial charge in [0.2, 0.25) is 0 Å². The smallest absolute Gasteiger partial charge is 0.278 e. The molecule has 140 valence electrons. The van der Waals surface area contributed by atoms with Crippen molar-refractivity contribution in [2.45, 2.75) is 0 Å². The largest absolute Gasteiger partial charge is 0.457 e. The van der Waals surface area contributed by atoms with E-state index in [4.69, 9.17) is 4.42 Å². The predicted octanol–water partition coefficient (Wildman–Crippen LogP) is 6.04. The van der Waals surface area contributed by atoms with Gasteiger partial charge in [0.15, 0.2) is 0 Å². The summed E-state index contributed by atoms with van der Waals surface area (Å²) in [4.78, 5) is 15.3. The maximum Gasteiger partial charge on any atom is 0.278 e. The van der Waals surface area contributed by atoms with Gasteiger partial charge in [-0.3, -0.25) is 10.1 Å². The van der Waals surface area contributed by atoms with Crippen LogP contribution in [0.4, 0.5) is 5.69 Å². The summed E-state index contributed by atoms with van der Waals surface area (Å²) in [6.07, 6.45) is 1.62. The molecular weight excluding hydrogens is 386 g/mol. The molecule has 0 saturated heterocycles. The Morgan fingerprint density at radius 1 is 1.10 bits per heavy atom. The molecule has 0 N–H and O–H groups in total. The van der Waals surface area contributed by atoms with Gasteiger partial charge in [-0.25, -0.2) is 4.98 Å². The summed E-state index contributed by atoms with van der Waals surface area (Å²) in [5.41, 5.74) is 2.13. The Morgan fingerprint density at radius 3 is 2.62 bits per heavy atom. The van der Waals surface area contributed by atoms with Crippen LogP contribution < -0.4 is 0 Å². The number of hydrogen-bond donors (Lipinski definition) is 0. The van der Waals surface area contributed by atoms with Crippen LogP contribution in [0.1, 0.15) is 10.8 Å². The lowest BCUT2D eigenvalue weighted by molar-refractivity contribution is -0.384. The highest BCUT2D eigenvalue weighted by Gasteiger charge is 2.18. The average Bonchev–Trinajstić information content (AvgIpc) is 3.42. The van der Waals surface area contributed by atoms with Gasteiger partial charge in [0.1, 0.15) is 22.6 Å². The van der Waals surface area contributed by atoms with Crippen molar-refractivity contribution in [3.8, 4) is 28.7 Å². The van der Waals surface area contributed by atoms with E-state index >= 15 is 0 Å². The van der Waals surface area contributed by atoms with Gasteiger partial charge in [-0.1, -0.05) is 42.5 Å². The number of allylic oxidation sites excluding steroid dienone is 1. The molecule has 0 aliphatic heterocycles. The van der Waals surface area contributed by atoms with E-state index in [0.29, 0.717) is 33.4 Å². The van der Waals surface area contributed by atoms with Gasteiger partial charge in [0, 0.05) is 23.1 Å². The van der Waals surface area contributed by atoms with Crippen molar-refractivity contribution < 1.29 is 9.34 Å². The number of benzene rings is 2. The zero-order valence-electron chi connectivity index (χ0n) is 15.0. The average molecular weight is 399 g/mol. The van der Waals surface area contributed by atoms with Crippen molar-refractivity contribution in [1.29, 1.82) is 5.26 Å². The van der Waals surface area contributed by atoms with Crippen molar-refractivity contribution in [2.75, 3.05) is 0 Å². The normalized spacial score (nSPS) is 11.2. The van der Waals surface area contributed by atoms with Crippen LogP contribution in [-0.4, -0.2) is 9.91 Å². The number of nitriles is 1. The van der Waals surface area contributed by atoms with Gasteiger partial charge in [0.25, 0.3) is 5.69 Å². The maximum absolute atomic E-state index is 11.3. The standard InChI is InChI=1S/C22H13N3O3S/c23-13-16(12-17-10-11-21(28-17)15-6-2-1-3-7-15)22-24-19(14-29-22)18-8-4-5-9-20(18)25(26)27/h1-12,14H/b16-12+. The molecule has 0 unspecified atom stereocenters. The van der Waals surface area contributed by atoms with Gasteiger partial charge < -0.3 is 4.42 Å². The molecule has 7 heteroatoms. The third-order valence-electron chi connectivity index (χ3n) is 4.20. The van der Waals surface area contributed by atoms with Crippen LogP contribution in [-0.2, 0) is 0 Å². The first-order chi connectivity index (χ1) is 14.2. The number of furan rings is 1. The fourth-order valence-electron chi connectivity index (χ4n) is 2.84. The molecule has 2 aromatic heterocycles. The van der Waals surface area contributed by atoms with E-state index in [9.17, 15) is 15.4 Å². The Balaban J connectivity index is 1.66. The van der Waals surface area contributed by atoms with E-state index in [0.717, 1.165) is 5.56 Å². The van der Waals surface area contributed by atoms with Crippen LogP contribution in [0, 0.1) is 21.4 Å². The third-order valence-corrected chi connectivity index (χ3v) is 5.08. The van der Waals surface area contributed by atoms with Crippen molar-refractivity contribution in [1.82, 2.24) is 4.98 Å². The minimum atomic E-state index is -0.441. The highest BCUT2D eigenvalue weighted by atomic mass is 32.1. The lowest BCUT2D eigenvalue weighted by Crippen LogP contribution is -1.91. The summed E-state index contributed by atoms with van der Waals surface area (Å²) in [6, 6.07) is 21.8. The van der Waals surface area contributed by atoms with Crippen molar-refractivity contribution in [3.63, 3.8) is 0 Å². The molecule has 29 heavy (non-hydrogen) atoms. The molecule has 2 heterocycles. The molecule has 0 fully saturated rings. The first-order valence-electron chi connectivity index (χ1n) is 8.62. The molecular formula is C22H13N3O3S. The Morgan fingerprint density at radius 2 is 1.86 bits per heavy atom. The van der Waals surface area contributed by atoms with Gasteiger partial charge in [-0.2, -0.15) is 5.26 Å². The second-order valence-electron chi connectivity index (χ2n) is 6.05. The number of nitro benzene ring substituents is 1. The molecule has 6 nitrogen and oxygen atoms in total. The number of hydrogen-bond acceptors (Lipinski definition) is 6. The number of rotatable bonds is 5. The van der Waals surface area contributed by atoms with E-state index in [1.165, 1.54) is 17.4 Å². The molecule has 0 radical (unpaired) electrons. The van der Waals surface area contributed by atoms with Crippen LogP contribution in [0.5, 0.6) is 0 Å². The Kier molecular flexibility index (Phi) is 5.01. The molecule has 2 aromatic carbocycles. The van der Waals surface area contributed by atoms with E-state index in [2.05, 4.69) is 11.1 Å². The SMILES string of the molecule is N#C/C(=C\c1ccc(-c2ccccc2)o1)c1nc(-c2ccccc2[N+](=O)[O-])cs1. The topological polar surface area (TPSA) is 93.0 Å². The second kappa shape index (κ2) is 7.92. The quantitative estimate of drug-likeness (QED) is 0.232. The molecule has 0 aliphatic rings. The van der Waals surface area contributed by atoms with Crippen molar-refractivity contribution >= 4 is 28.7 Å². The summed E-state index contributed by atoms with van der Waals surface area (Å²) >= 11 is 1.25. The molecule has 0 atom stereocenters. The highest BCUT2D eigenvalue weighted by Crippen LogP contribution is 2.33. The monoisotopic (exact) mass is 399 g/mol. The Labute approximate surface area is 170 Å². The van der Waals surface area contributed by atoms with E-state index < -0.39 is 4.92 Å². The van der Waals surface area contributed by atoms with Crippen molar-refractivity contribution in [3.05, 3.63) is 93.0 Å². The fourth-order valence-corrected chi connectivity index (χ4v) is 3.63. The zero-order valence-corrected chi connectivity index (χ0v) is 15.8. The zero-order chi connectivity index (χ0) is 20.2. The number of nitro groups is 1. The number of nitrogens with zero attached hydrogens (tertiary/aromatic N) is 3. The Bertz CT molecular complexity index is 1250. The highest BCUT2D eigenvalue weighted by molar-refractivity contribution is 7.11. The summed E-state index contributed by atoms with van der Waals surface area (Å²) in [7, 11) is 0. The van der Waals surface area contributed by atoms with E-state index in [1.807, 2.05) is 36.4 Å². The van der Waals surface area contributed by atoms with Gasteiger partial charge >= 0.3 is 0 Å². The minimum absolute atomic E-state index is 0.0228. The van der Waals surface area contributed by atoms with Crippen LogP contribution in [0.25, 0.3) is 34.2 Å². The molecule has 0 saturated carbocycles. The molecule has 4 rings (SSSR count). The van der Waals surface area contributed by atoms with Crippen molar-refractivity contribution in [2.24, 2.45) is 0 Å². The molecule has 0 spiro atoms. The second-order valence-corrected chi connectivity index (χ2v) is 6.91. The number of aromatic nitrogens is 1. The number of thiazole rings is 1. The molecule has 0 amide bonds. The maximum atomic E-state index is 11.3. The Hall–Kier alpha value is -4.02. The lowest BCUT2D eigenvalue weighted by atomic mass is 10.1. The molecule has 4 aromatic rings. The van der Waals surface area contributed by atoms with Crippen LogP contribution in [0.3, 0.4) is 0 Å². The van der Waals surface area contributed by atoms with Gasteiger partial charge in [-0.15, -0.1) is 11.3 Å². The van der Waals surface area contributed by atoms with E-state index in [-0.39, 0.29) is 5.69 Å². The summed E-state index contributed by atoms with van der Waals surface area (Å²) in [6.45, 7) is 0. The molecule has 0 aliphatic carbocycles. The van der Waals surface area contributed by atoms with Gasteiger partial charge in [0.05, 0.1) is 21.8 Å². The third kappa shape index (κ3) is 3.83. The lowest BCUT2D eigenvalue weighted by Gasteiger charge is -1.98. The summed E-state index contributed by atoms with van der Waals surface area (Å²) in [5.74, 6) is 1.23. The minimum Gasteiger partial charge on any atom is -0.457 e. The van der Waals surface area contributed by atoms with Crippen LogP contribution in [0.15, 0.2) is 76.5 Å². The first-order valence-corrected chi connectivity index (χ1v) is 9.50. The van der Waals surface area contributed by atoms with Crippen LogP contribution in [0.2, 0.25) is 0 Å². The van der Waals surface area contributed by atoms with Gasteiger partial charge in [-0.05, 0) is 18.2 Å². The van der Waals surface area contributed by atoms with E-state index in [1.54, 1.807) is 35.7 Å². The first kappa shape index (κ1) is 18.3. The fraction of sp³-hybridized carbons (Fsp3) is 0. The van der Waals surface area contributed by atoms with Crippen LogP contribution >= 0.6 is 11.3 Å². The predicted molar refractivity (Wildman–Crippen MR) is 112 cm³/mol.